The first-order valence-corrected chi connectivity index (χ1v) is 14.8. The lowest BCUT2D eigenvalue weighted by Crippen LogP contribution is -2.14. The maximum absolute atomic E-state index is 4.04. The van der Waals surface area contributed by atoms with Crippen molar-refractivity contribution in [3.63, 3.8) is 0 Å². The summed E-state index contributed by atoms with van der Waals surface area (Å²) in [6.07, 6.45) is 3.80. The van der Waals surface area contributed by atoms with Gasteiger partial charge in [-0.25, -0.2) is 0 Å². The van der Waals surface area contributed by atoms with Crippen LogP contribution in [0.1, 0.15) is 11.1 Å². The fourth-order valence-corrected chi connectivity index (χ4v) is 6.01. The van der Waals surface area contributed by atoms with Gasteiger partial charge in [-0.15, -0.1) is 0 Å². The van der Waals surface area contributed by atoms with Gasteiger partial charge in [-0.2, -0.15) is 0 Å². The fraction of sp³-hybridized carbons (Fsp3) is 0. The monoisotopic (exact) mass is 564 g/mol. The first-order valence-electron chi connectivity index (χ1n) is 14.8. The standard InChI is InChI=1S/C42H32N2/c1-3-31-14-9-20-35(28-31)43(41-26-11-18-33-16-5-7-24-39(33)41)37-22-13-23-38(30-37)44(36-21-10-15-32(4-2)29-36)42-27-12-19-34-17-6-8-25-40(34)42/h3-30H,1-2H2. The van der Waals surface area contributed by atoms with E-state index in [2.05, 4.69) is 181 Å². The van der Waals surface area contributed by atoms with Crippen LogP contribution in [0, 0.1) is 0 Å². The Kier molecular flexibility index (Phi) is 7.24. The molecule has 0 bridgehead atoms. The van der Waals surface area contributed by atoms with Crippen LogP contribution in [0.15, 0.2) is 171 Å². The number of hydrogen-bond donors (Lipinski definition) is 0. The van der Waals surface area contributed by atoms with E-state index >= 15 is 0 Å². The minimum absolute atomic E-state index is 1.06. The lowest BCUT2D eigenvalue weighted by Gasteiger charge is -2.30. The summed E-state index contributed by atoms with van der Waals surface area (Å²) >= 11 is 0. The minimum atomic E-state index is 1.06. The summed E-state index contributed by atoms with van der Waals surface area (Å²) in [5.74, 6) is 0. The molecule has 2 heteroatoms. The van der Waals surface area contributed by atoms with Crippen LogP contribution in [0.3, 0.4) is 0 Å². The second kappa shape index (κ2) is 11.8. The summed E-state index contributed by atoms with van der Waals surface area (Å²) in [6.45, 7) is 8.08. The van der Waals surface area contributed by atoms with Crippen LogP contribution in [0.4, 0.5) is 34.1 Å². The molecule has 0 aliphatic heterocycles. The van der Waals surface area contributed by atoms with E-state index in [1.807, 2.05) is 12.2 Å². The first-order chi connectivity index (χ1) is 21.7. The third kappa shape index (κ3) is 5.04. The van der Waals surface area contributed by atoms with Gasteiger partial charge >= 0.3 is 0 Å². The third-order valence-electron chi connectivity index (χ3n) is 8.09. The van der Waals surface area contributed by atoms with E-state index in [-0.39, 0.29) is 0 Å². The summed E-state index contributed by atoms with van der Waals surface area (Å²) in [7, 11) is 0. The van der Waals surface area contributed by atoms with Gasteiger partial charge in [-0.1, -0.05) is 128 Å². The van der Waals surface area contributed by atoms with Crippen LogP contribution in [-0.2, 0) is 0 Å². The van der Waals surface area contributed by atoms with Gasteiger partial charge in [0.05, 0.1) is 11.4 Å². The van der Waals surface area contributed by atoms with Crippen molar-refractivity contribution in [3.05, 3.63) is 182 Å². The molecular formula is C42H32N2. The summed E-state index contributed by atoms with van der Waals surface area (Å²) in [5.41, 5.74) is 8.64. The molecule has 7 aromatic carbocycles. The van der Waals surface area contributed by atoms with E-state index in [0.29, 0.717) is 0 Å². The minimum Gasteiger partial charge on any atom is -0.310 e. The topological polar surface area (TPSA) is 6.48 Å². The summed E-state index contributed by atoms with van der Waals surface area (Å²) < 4.78 is 0. The van der Waals surface area contributed by atoms with Gasteiger partial charge in [0.25, 0.3) is 0 Å². The Labute approximate surface area is 259 Å². The number of hydrogen-bond acceptors (Lipinski definition) is 2. The van der Waals surface area contributed by atoms with Gasteiger partial charge in [-0.05, 0) is 76.5 Å². The average Bonchev–Trinajstić information content (AvgIpc) is 3.09. The first kappa shape index (κ1) is 27.0. The number of rotatable bonds is 8. The van der Waals surface area contributed by atoms with Gasteiger partial charge in [0.2, 0.25) is 0 Å². The predicted octanol–water partition coefficient (Wildman–Crippen LogP) is 12.2. The highest BCUT2D eigenvalue weighted by molar-refractivity contribution is 6.01. The highest BCUT2D eigenvalue weighted by atomic mass is 15.2. The molecule has 0 heterocycles. The van der Waals surface area contributed by atoms with Crippen LogP contribution in [0.5, 0.6) is 0 Å². The van der Waals surface area contributed by atoms with Crippen LogP contribution >= 0.6 is 0 Å². The highest BCUT2D eigenvalue weighted by Gasteiger charge is 2.20. The Morgan fingerprint density at radius 2 is 0.727 bits per heavy atom. The molecule has 0 saturated carbocycles. The number of benzene rings is 7. The molecule has 0 saturated heterocycles. The Bertz CT molecular complexity index is 1980. The maximum atomic E-state index is 4.04. The summed E-state index contributed by atoms with van der Waals surface area (Å²) in [5, 5.41) is 4.78. The van der Waals surface area contributed by atoms with Gasteiger partial charge in [0, 0.05) is 33.5 Å². The van der Waals surface area contributed by atoms with Crippen LogP contribution in [0.25, 0.3) is 33.7 Å². The van der Waals surface area contributed by atoms with Crippen LogP contribution < -0.4 is 9.80 Å². The lowest BCUT2D eigenvalue weighted by molar-refractivity contribution is 1.26. The number of anilines is 6. The maximum Gasteiger partial charge on any atom is 0.0540 e. The van der Waals surface area contributed by atoms with Crippen molar-refractivity contribution < 1.29 is 0 Å². The summed E-state index contributed by atoms with van der Waals surface area (Å²) in [6, 6.07) is 56.0. The molecule has 2 nitrogen and oxygen atoms in total. The molecule has 7 aromatic rings. The molecule has 0 amide bonds. The Morgan fingerprint density at radius 1 is 0.364 bits per heavy atom. The molecule has 0 fully saturated rings. The average molecular weight is 565 g/mol. The molecule has 0 radical (unpaired) electrons. The van der Waals surface area contributed by atoms with Crippen molar-refractivity contribution in [2.24, 2.45) is 0 Å². The highest BCUT2D eigenvalue weighted by Crippen LogP contribution is 2.44. The molecule has 44 heavy (non-hydrogen) atoms. The van der Waals surface area contributed by atoms with Gasteiger partial charge in [0.15, 0.2) is 0 Å². The molecule has 0 N–H and O–H groups in total. The van der Waals surface area contributed by atoms with Crippen molar-refractivity contribution in [1.29, 1.82) is 0 Å². The largest absolute Gasteiger partial charge is 0.310 e. The summed E-state index contributed by atoms with van der Waals surface area (Å²) in [4.78, 5) is 4.69. The second-order valence-corrected chi connectivity index (χ2v) is 10.8. The molecule has 210 valence electrons. The molecule has 0 aromatic heterocycles. The van der Waals surface area contributed by atoms with E-state index in [4.69, 9.17) is 0 Å². The van der Waals surface area contributed by atoms with Crippen molar-refractivity contribution in [3.8, 4) is 0 Å². The third-order valence-corrected chi connectivity index (χ3v) is 8.09. The van der Waals surface area contributed by atoms with Crippen molar-refractivity contribution in [1.82, 2.24) is 0 Å². The van der Waals surface area contributed by atoms with Gasteiger partial charge in [-0.3, -0.25) is 0 Å². The fourth-order valence-electron chi connectivity index (χ4n) is 6.01. The van der Waals surface area contributed by atoms with E-state index in [9.17, 15) is 0 Å². The molecule has 7 rings (SSSR count). The number of nitrogens with zero attached hydrogens (tertiary/aromatic N) is 2. The van der Waals surface area contributed by atoms with E-state index in [0.717, 1.165) is 45.3 Å². The molecule has 0 aliphatic carbocycles. The van der Waals surface area contributed by atoms with Crippen LogP contribution in [0.2, 0.25) is 0 Å². The van der Waals surface area contributed by atoms with E-state index < -0.39 is 0 Å². The molecule has 0 aliphatic rings. The van der Waals surface area contributed by atoms with E-state index in [1.165, 1.54) is 21.5 Å². The van der Waals surface area contributed by atoms with Crippen LogP contribution in [-0.4, -0.2) is 0 Å². The van der Waals surface area contributed by atoms with Gasteiger partial charge < -0.3 is 9.80 Å². The molecule has 0 atom stereocenters. The normalized spacial score (nSPS) is 10.9. The molecule has 0 spiro atoms. The zero-order chi connectivity index (χ0) is 29.9. The quantitative estimate of drug-likeness (QED) is 0.181. The predicted molar refractivity (Wildman–Crippen MR) is 191 cm³/mol. The zero-order valence-electron chi connectivity index (χ0n) is 24.5. The second-order valence-electron chi connectivity index (χ2n) is 10.8. The van der Waals surface area contributed by atoms with Crippen molar-refractivity contribution in [2.45, 2.75) is 0 Å². The smallest absolute Gasteiger partial charge is 0.0540 e. The van der Waals surface area contributed by atoms with Gasteiger partial charge in [0.1, 0.15) is 0 Å². The molecular weight excluding hydrogens is 532 g/mol. The Morgan fingerprint density at radius 3 is 1.18 bits per heavy atom. The zero-order valence-corrected chi connectivity index (χ0v) is 24.5. The van der Waals surface area contributed by atoms with Crippen molar-refractivity contribution >= 4 is 67.8 Å². The lowest BCUT2D eigenvalue weighted by atomic mass is 10.0. The Hall–Kier alpha value is -5.86. The Balaban J connectivity index is 1.47. The number of fused-ring (bicyclic) bond motifs is 2. The van der Waals surface area contributed by atoms with E-state index in [1.54, 1.807) is 0 Å². The molecule has 0 unspecified atom stereocenters. The van der Waals surface area contributed by atoms with Crippen molar-refractivity contribution in [2.75, 3.05) is 9.80 Å². The SMILES string of the molecule is C=Cc1cccc(N(c2cccc(N(c3cccc(C=C)c3)c3cccc4ccccc34)c2)c2cccc3ccccc23)c1.